The molecule has 0 amide bonds. The van der Waals surface area contributed by atoms with Gasteiger partial charge in [-0.15, -0.1) is 0 Å². The van der Waals surface area contributed by atoms with E-state index in [1.54, 1.807) is 6.07 Å². The predicted molar refractivity (Wildman–Crippen MR) is 77.5 cm³/mol. The number of sulfonamides is 1. The lowest BCUT2D eigenvalue weighted by molar-refractivity contribution is 0.600. The van der Waals surface area contributed by atoms with Crippen LogP contribution in [0.25, 0.3) is 0 Å². The summed E-state index contributed by atoms with van der Waals surface area (Å²) in [6.07, 6.45) is 0. The van der Waals surface area contributed by atoms with Gasteiger partial charge in [-0.1, -0.05) is 0 Å². The molecular weight excluding hydrogens is 293 g/mol. The first-order chi connectivity index (χ1) is 9.83. The third-order valence-electron chi connectivity index (χ3n) is 2.82. The number of nitrogen functional groups attached to an aromatic ring is 1. The Morgan fingerprint density at radius 3 is 2.57 bits per heavy atom. The van der Waals surface area contributed by atoms with E-state index in [1.807, 2.05) is 0 Å². The van der Waals surface area contributed by atoms with Crippen LogP contribution >= 0.6 is 0 Å². The van der Waals surface area contributed by atoms with Crippen LogP contribution in [0.5, 0.6) is 0 Å². The molecule has 2 aromatic carbocycles. The number of nitriles is 1. The maximum Gasteiger partial charge on any atom is 0.263 e. The van der Waals surface area contributed by atoms with Gasteiger partial charge in [0, 0.05) is 11.4 Å². The Labute approximate surface area is 121 Å². The number of halogens is 1. The summed E-state index contributed by atoms with van der Waals surface area (Å²) in [5.74, 6) is -0.428. The van der Waals surface area contributed by atoms with Crippen molar-refractivity contribution < 1.29 is 12.8 Å². The van der Waals surface area contributed by atoms with Crippen molar-refractivity contribution in [2.24, 2.45) is 0 Å². The number of anilines is 2. The van der Waals surface area contributed by atoms with Gasteiger partial charge < -0.3 is 5.73 Å². The second-order valence-corrected chi connectivity index (χ2v) is 6.09. The fourth-order valence-corrected chi connectivity index (χ4v) is 2.98. The Balaban J connectivity index is 2.43. The molecule has 7 heteroatoms. The van der Waals surface area contributed by atoms with E-state index >= 15 is 0 Å². The summed E-state index contributed by atoms with van der Waals surface area (Å²) in [6.45, 7) is 1.52. The zero-order chi connectivity index (χ0) is 15.6. The highest BCUT2D eigenvalue weighted by Gasteiger charge is 2.19. The van der Waals surface area contributed by atoms with Gasteiger partial charge in [0.2, 0.25) is 0 Å². The molecule has 0 aliphatic carbocycles. The van der Waals surface area contributed by atoms with Gasteiger partial charge in [0.25, 0.3) is 10.0 Å². The number of nitrogens with zero attached hydrogens (tertiary/aromatic N) is 1. The van der Waals surface area contributed by atoms with Crippen molar-refractivity contribution in [3.8, 4) is 6.07 Å². The number of rotatable bonds is 3. The van der Waals surface area contributed by atoms with Crippen LogP contribution in [0.4, 0.5) is 15.8 Å². The molecule has 0 spiro atoms. The van der Waals surface area contributed by atoms with Crippen molar-refractivity contribution in [1.82, 2.24) is 0 Å². The van der Waals surface area contributed by atoms with Crippen LogP contribution < -0.4 is 10.5 Å². The molecule has 108 valence electrons. The molecule has 0 saturated carbocycles. The van der Waals surface area contributed by atoms with E-state index in [-0.39, 0.29) is 16.1 Å². The highest BCUT2D eigenvalue weighted by molar-refractivity contribution is 7.92. The Bertz CT molecular complexity index is 842. The molecule has 2 rings (SSSR count). The van der Waals surface area contributed by atoms with Gasteiger partial charge in [0.1, 0.15) is 16.8 Å². The summed E-state index contributed by atoms with van der Waals surface area (Å²) in [6, 6.07) is 9.57. The lowest BCUT2D eigenvalue weighted by Crippen LogP contribution is -2.14. The smallest absolute Gasteiger partial charge is 0.263 e. The fraction of sp³-hybridized carbons (Fsp3) is 0.0714. The second kappa shape index (κ2) is 5.42. The van der Waals surface area contributed by atoms with Gasteiger partial charge >= 0.3 is 0 Å². The molecule has 0 unspecified atom stereocenters. The maximum atomic E-state index is 13.2. The van der Waals surface area contributed by atoms with E-state index in [2.05, 4.69) is 4.72 Å². The Kier molecular flexibility index (Phi) is 3.82. The molecule has 0 fully saturated rings. The van der Waals surface area contributed by atoms with Crippen molar-refractivity contribution in [3.63, 3.8) is 0 Å². The van der Waals surface area contributed by atoms with E-state index in [0.29, 0.717) is 11.3 Å². The van der Waals surface area contributed by atoms with Crippen molar-refractivity contribution >= 4 is 21.4 Å². The zero-order valence-corrected chi connectivity index (χ0v) is 11.9. The van der Waals surface area contributed by atoms with Crippen LogP contribution in [0.1, 0.15) is 11.1 Å². The monoisotopic (exact) mass is 305 g/mol. The van der Waals surface area contributed by atoms with E-state index in [0.717, 1.165) is 0 Å². The molecule has 21 heavy (non-hydrogen) atoms. The maximum absolute atomic E-state index is 13.2. The molecule has 0 heterocycles. The minimum Gasteiger partial charge on any atom is -0.399 e. The van der Waals surface area contributed by atoms with Crippen LogP contribution in [-0.4, -0.2) is 8.42 Å². The lowest BCUT2D eigenvalue weighted by atomic mass is 10.2. The number of aryl methyl sites for hydroxylation is 1. The first-order valence-electron chi connectivity index (χ1n) is 5.92. The molecule has 0 radical (unpaired) electrons. The standard InChI is InChI=1S/C14H12FN3O2S/c1-9-6-12(3-4-13(9)15)18-21(19,20)14-5-2-11(17)7-10(14)8-16/h2-7,18H,17H2,1H3. The predicted octanol–water partition coefficient (Wildman–Crippen LogP) is 2.39. The lowest BCUT2D eigenvalue weighted by Gasteiger charge is -2.10. The van der Waals surface area contributed by atoms with Crippen LogP contribution in [-0.2, 0) is 10.0 Å². The van der Waals surface area contributed by atoms with Gasteiger partial charge in [-0.3, -0.25) is 4.72 Å². The highest BCUT2D eigenvalue weighted by atomic mass is 32.2. The molecule has 2 aromatic rings. The van der Waals surface area contributed by atoms with E-state index < -0.39 is 15.8 Å². The average Bonchev–Trinajstić information content (AvgIpc) is 2.42. The first-order valence-corrected chi connectivity index (χ1v) is 7.40. The van der Waals surface area contributed by atoms with Crippen molar-refractivity contribution in [2.75, 3.05) is 10.5 Å². The molecule has 0 bridgehead atoms. The number of nitrogens with two attached hydrogens (primary N) is 1. The molecule has 5 nitrogen and oxygen atoms in total. The van der Waals surface area contributed by atoms with Crippen molar-refractivity contribution in [3.05, 3.63) is 53.3 Å². The molecular formula is C14H12FN3O2S. The molecule has 0 aliphatic rings. The van der Waals surface area contributed by atoms with Crippen LogP contribution in [0.15, 0.2) is 41.3 Å². The van der Waals surface area contributed by atoms with Crippen LogP contribution in [0.3, 0.4) is 0 Å². The molecule has 0 aromatic heterocycles. The van der Waals surface area contributed by atoms with E-state index in [1.165, 1.54) is 43.3 Å². The van der Waals surface area contributed by atoms with Crippen molar-refractivity contribution in [2.45, 2.75) is 11.8 Å². The molecule has 0 aliphatic heterocycles. The SMILES string of the molecule is Cc1cc(NS(=O)(=O)c2ccc(N)cc2C#N)ccc1F. The van der Waals surface area contributed by atoms with Gasteiger partial charge in [-0.2, -0.15) is 5.26 Å². The molecule has 3 N–H and O–H groups in total. The largest absolute Gasteiger partial charge is 0.399 e. The highest BCUT2D eigenvalue weighted by Crippen LogP contribution is 2.22. The summed E-state index contributed by atoms with van der Waals surface area (Å²) in [5.41, 5.74) is 6.30. The van der Waals surface area contributed by atoms with Crippen LogP contribution in [0, 0.1) is 24.1 Å². The Morgan fingerprint density at radius 2 is 1.95 bits per heavy atom. The fourth-order valence-electron chi connectivity index (χ4n) is 1.79. The normalized spacial score (nSPS) is 10.9. The number of nitrogens with one attached hydrogen (secondary N) is 1. The minimum absolute atomic E-state index is 0.0543. The third-order valence-corrected chi connectivity index (χ3v) is 4.26. The van der Waals surface area contributed by atoms with Gasteiger partial charge in [-0.05, 0) is 48.9 Å². The first kappa shape index (κ1) is 14.8. The van der Waals surface area contributed by atoms with Crippen molar-refractivity contribution in [1.29, 1.82) is 5.26 Å². The average molecular weight is 305 g/mol. The van der Waals surface area contributed by atoms with Gasteiger partial charge in [0.05, 0.1) is 5.56 Å². The van der Waals surface area contributed by atoms with E-state index in [4.69, 9.17) is 11.0 Å². The summed E-state index contributed by atoms with van der Waals surface area (Å²) >= 11 is 0. The Hall–Kier alpha value is -2.59. The van der Waals surface area contributed by atoms with Gasteiger partial charge in [-0.25, -0.2) is 12.8 Å². The summed E-state index contributed by atoms with van der Waals surface area (Å²) in [5, 5.41) is 9.01. The number of hydrogen-bond donors (Lipinski definition) is 2. The topological polar surface area (TPSA) is 96.0 Å². The van der Waals surface area contributed by atoms with Crippen LogP contribution in [0.2, 0.25) is 0 Å². The summed E-state index contributed by atoms with van der Waals surface area (Å²) in [4.78, 5) is -0.179. The third kappa shape index (κ3) is 3.12. The Morgan fingerprint density at radius 1 is 1.24 bits per heavy atom. The number of benzene rings is 2. The second-order valence-electron chi connectivity index (χ2n) is 4.44. The quantitative estimate of drug-likeness (QED) is 0.851. The van der Waals surface area contributed by atoms with E-state index in [9.17, 15) is 12.8 Å². The minimum atomic E-state index is -3.95. The zero-order valence-electron chi connectivity index (χ0n) is 11.1. The summed E-state index contributed by atoms with van der Waals surface area (Å²) in [7, 11) is -3.95. The molecule has 0 saturated heterocycles. The summed E-state index contributed by atoms with van der Waals surface area (Å²) < 4.78 is 40.1. The molecule has 0 atom stereocenters. The number of hydrogen-bond acceptors (Lipinski definition) is 4. The van der Waals surface area contributed by atoms with Gasteiger partial charge in [0.15, 0.2) is 0 Å².